The van der Waals surface area contributed by atoms with Gasteiger partial charge in [-0.3, -0.25) is 20.4 Å². The molecular formula is C15H17BrN3O3+. The molecule has 0 aliphatic heterocycles. The molecule has 6 nitrogen and oxygen atoms in total. The Morgan fingerprint density at radius 3 is 2.68 bits per heavy atom. The molecule has 4 N–H and O–H groups in total. The number of amides is 2. The summed E-state index contributed by atoms with van der Waals surface area (Å²) in [4.78, 5) is 23.7. The summed E-state index contributed by atoms with van der Waals surface area (Å²) in [6.07, 6.45) is 1.59. The van der Waals surface area contributed by atoms with E-state index in [1.807, 2.05) is 24.4 Å². The van der Waals surface area contributed by atoms with E-state index in [4.69, 9.17) is 4.42 Å². The third-order valence-corrected chi connectivity index (χ3v) is 3.77. The summed E-state index contributed by atoms with van der Waals surface area (Å²) in [5, 5.41) is 1.82. The summed E-state index contributed by atoms with van der Waals surface area (Å²) in [6.45, 7) is 2.11. The van der Waals surface area contributed by atoms with Gasteiger partial charge in [0.15, 0.2) is 12.3 Å². The van der Waals surface area contributed by atoms with Crippen LogP contribution in [0.4, 0.5) is 0 Å². The van der Waals surface area contributed by atoms with Gasteiger partial charge in [-0.25, -0.2) is 0 Å². The Bertz CT molecular complexity index is 643. The Labute approximate surface area is 136 Å². The molecule has 0 radical (unpaired) electrons. The van der Waals surface area contributed by atoms with Gasteiger partial charge >= 0.3 is 0 Å². The molecule has 0 saturated heterocycles. The number of carbonyl (C=O) groups is 2. The maximum Gasteiger partial charge on any atom is 0.293 e. The summed E-state index contributed by atoms with van der Waals surface area (Å²) < 4.78 is 5.93. The van der Waals surface area contributed by atoms with E-state index in [0.29, 0.717) is 10.0 Å². The number of benzene rings is 1. The van der Waals surface area contributed by atoms with Crippen LogP contribution in [0.3, 0.4) is 0 Å². The van der Waals surface area contributed by atoms with Gasteiger partial charge in [-0.1, -0.05) is 12.1 Å². The van der Waals surface area contributed by atoms with Crippen LogP contribution in [0.15, 0.2) is 51.6 Å². The molecule has 1 atom stereocenters. The molecule has 22 heavy (non-hydrogen) atoms. The van der Waals surface area contributed by atoms with Gasteiger partial charge in [0.05, 0.1) is 11.8 Å². The fraction of sp³-hybridized carbons (Fsp3) is 0.200. The normalized spacial score (nSPS) is 11.7. The van der Waals surface area contributed by atoms with E-state index in [9.17, 15) is 9.59 Å². The highest BCUT2D eigenvalue weighted by molar-refractivity contribution is 9.10. The number of carbonyl (C=O) groups excluding carboxylic acids is 2. The number of quaternary nitrogens is 1. The van der Waals surface area contributed by atoms with Gasteiger partial charge in [-0.05, 0) is 47.1 Å². The molecule has 2 aromatic rings. The van der Waals surface area contributed by atoms with Crippen molar-refractivity contribution in [1.82, 2.24) is 10.9 Å². The van der Waals surface area contributed by atoms with Crippen LogP contribution < -0.4 is 16.2 Å². The highest BCUT2D eigenvalue weighted by Gasteiger charge is 2.15. The van der Waals surface area contributed by atoms with E-state index >= 15 is 0 Å². The minimum atomic E-state index is -0.375. The molecular weight excluding hydrogens is 350 g/mol. The third kappa shape index (κ3) is 4.44. The van der Waals surface area contributed by atoms with Crippen molar-refractivity contribution in [2.45, 2.75) is 13.0 Å². The molecule has 0 spiro atoms. The molecule has 1 aromatic heterocycles. The minimum absolute atomic E-state index is 0.0275. The number of hydrogen-bond acceptors (Lipinski definition) is 3. The van der Waals surface area contributed by atoms with Gasteiger partial charge < -0.3 is 9.73 Å². The fourth-order valence-electron chi connectivity index (χ4n) is 1.84. The third-order valence-electron chi connectivity index (χ3n) is 3.08. The number of halogens is 1. The molecule has 2 amide bonds. The van der Waals surface area contributed by atoms with E-state index in [0.717, 1.165) is 5.76 Å². The largest absolute Gasteiger partial charge is 0.463 e. The van der Waals surface area contributed by atoms with E-state index < -0.39 is 0 Å². The van der Waals surface area contributed by atoms with E-state index in [1.165, 1.54) is 0 Å². The lowest BCUT2D eigenvalue weighted by Gasteiger charge is -2.10. The second kappa shape index (κ2) is 7.77. The average Bonchev–Trinajstić information content (AvgIpc) is 3.05. The second-order valence-electron chi connectivity index (χ2n) is 4.73. The van der Waals surface area contributed by atoms with Crippen LogP contribution in [-0.2, 0) is 4.79 Å². The van der Waals surface area contributed by atoms with Crippen molar-refractivity contribution < 1.29 is 19.3 Å². The molecule has 0 saturated carbocycles. The van der Waals surface area contributed by atoms with E-state index in [2.05, 4.69) is 26.8 Å². The molecule has 2 rings (SSSR count). The molecule has 0 aliphatic carbocycles. The number of nitrogens with two attached hydrogens (primary N) is 1. The number of nitrogens with one attached hydrogen (secondary N) is 2. The summed E-state index contributed by atoms with van der Waals surface area (Å²) in [6, 6.07) is 10.7. The lowest BCUT2D eigenvalue weighted by molar-refractivity contribution is -0.684. The topological polar surface area (TPSA) is 88.0 Å². The summed E-state index contributed by atoms with van der Waals surface area (Å²) in [5.74, 6) is 0.128. The van der Waals surface area contributed by atoms with Crippen molar-refractivity contribution in [3.8, 4) is 0 Å². The number of hydrazine groups is 1. The first-order valence-corrected chi connectivity index (χ1v) is 7.57. The SMILES string of the molecule is C[C@@H]([NH2+]CC(=O)NNC(=O)c1ccccc1Br)c1ccco1. The molecule has 1 heterocycles. The Morgan fingerprint density at radius 1 is 1.23 bits per heavy atom. The van der Waals surface area contributed by atoms with Crippen molar-refractivity contribution in [3.63, 3.8) is 0 Å². The molecule has 0 fully saturated rings. The lowest BCUT2D eigenvalue weighted by atomic mass is 10.2. The predicted molar refractivity (Wildman–Crippen MR) is 83.7 cm³/mol. The lowest BCUT2D eigenvalue weighted by Crippen LogP contribution is -2.87. The van der Waals surface area contributed by atoms with Crippen LogP contribution in [0.1, 0.15) is 29.1 Å². The Kier molecular flexibility index (Phi) is 5.74. The van der Waals surface area contributed by atoms with Crippen LogP contribution in [0, 0.1) is 0 Å². The zero-order chi connectivity index (χ0) is 15.9. The van der Waals surface area contributed by atoms with Crippen LogP contribution in [0.25, 0.3) is 0 Å². The Balaban J connectivity index is 1.76. The first-order valence-electron chi connectivity index (χ1n) is 6.78. The summed E-state index contributed by atoms with van der Waals surface area (Å²) in [7, 11) is 0. The molecule has 1 aromatic carbocycles. The van der Waals surface area contributed by atoms with E-state index in [-0.39, 0.29) is 24.4 Å². The minimum Gasteiger partial charge on any atom is -0.463 e. The van der Waals surface area contributed by atoms with Gasteiger partial charge in [-0.2, -0.15) is 0 Å². The molecule has 0 unspecified atom stereocenters. The molecule has 0 bridgehead atoms. The van der Waals surface area contributed by atoms with Gasteiger partial charge in [0.1, 0.15) is 6.04 Å². The summed E-state index contributed by atoms with van der Waals surface area (Å²) >= 11 is 3.29. The zero-order valence-electron chi connectivity index (χ0n) is 12.0. The first-order chi connectivity index (χ1) is 10.6. The van der Waals surface area contributed by atoms with Gasteiger partial charge in [-0.15, -0.1) is 0 Å². The number of rotatable bonds is 5. The van der Waals surface area contributed by atoms with Crippen molar-refractivity contribution in [2.24, 2.45) is 0 Å². The fourth-order valence-corrected chi connectivity index (χ4v) is 2.31. The van der Waals surface area contributed by atoms with Crippen molar-refractivity contribution in [3.05, 3.63) is 58.5 Å². The number of furan rings is 1. The second-order valence-corrected chi connectivity index (χ2v) is 5.58. The maximum absolute atomic E-state index is 11.9. The maximum atomic E-state index is 11.9. The highest BCUT2D eigenvalue weighted by Crippen LogP contribution is 2.15. The standard InChI is InChI=1S/C15H16BrN3O3/c1-10(13-7-4-8-22-13)17-9-14(20)18-19-15(21)11-5-2-3-6-12(11)16/h2-8,10,17H,9H2,1H3,(H,18,20)(H,19,21)/p+1/t10-/m1/s1. The van der Waals surface area contributed by atoms with Gasteiger partial charge in [0.2, 0.25) is 0 Å². The van der Waals surface area contributed by atoms with Crippen LogP contribution in [0.5, 0.6) is 0 Å². The molecule has 7 heteroatoms. The zero-order valence-corrected chi connectivity index (χ0v) is 13.6. The summed E-state index contributed by atoms with van der Waals surface area (Å²) in [5.41, 5.74) is 5.23. The average molecular weight is 367 g/mol. The van der Waals surface area contributed by atoms with Gasteiger partial charge in [0, 0.05) is 4.47 Å². The van der Waals surface area contributed by atoms with Crippen LogP contribution >= 0.6 is 15.9 Å². The monoisotopic (exact) mass is 366 g/mol. The molecule has 0 aliphatic rings. The van der Waals surface area contributed by atoms with Gasteiger partial charge in [0.25, 0.3) is 11.8 Å². The molecule has 116 valence electrons. The van der Waals surface area contributed by atoms with Crippen molar-refractivity contribution >= 4 is 27.7 Å². The first kappa shape index (κ1) is 16.3. The van der Waals surface area contributed by atoms with Crippen LogP contribution in [-0.4, -0.2) is 18.4 Å². The quantitative estimate of drug-likeness (QED) is 0.693. The number of hydrogen-bond donors (Lipinski definition) is 3. The Morgan fingerprint density at radius 2 is 2.00 bits per heavy atom. The van der Waals surface area contributed by atoms with Crippen molar-refractivity contribution in [1.29, 1.82) is 0 Å². The highest BCUT2D eigenvalue weighted by atomic mass is 79.9. The predicted octanol–water partition coefficient (Wildman–Crippen LogP) is 1.13. The Hall–Kier alpha value is -2.12. The smallest absolute Gasteiger partial charge is 0.293 e. The van der Waals surface area contributed by atoms with E-state index in [1.54, 1.807) is 30.5 Å². The van der Waals surface area contributed by atoms with Crippen LogP contribution in [0.2, 0.25) is 0 Å². The van der Waals surface area contributed by atoms with Crippen molar-refractivity contribution in [2.75, 3.05) is 6.54 Å².